The van der Waals surface area contributed by atoms with Crippen molar-refractivity contribution in [1.82, 2.24) is 5.43 Å². The molecule has 0 radical (unpaired) electrons. The maximum atomic E-state index is 14.5. The first kappa shape index (κ1) is 24.7. The molecule has 8 nitrogen and oxygen atoms in total. The molecule has 0 atom stereocenters. The summed E-state index contributed by atoms with van der Waals surface area (Å²) in [5.41, 5.74) is 3.41. The third-order valence-corrected chi connectivity index (χ3v) is 6.62. The Morgan fingerprint density at radius 3 is 2.38 bits per heavy atom. The van der Waals surface area contributed by atoms with Gasteiger partial charge in [0.05, 0.1) is 31.0 Å². The minimum absolute atomic E-state index is 0.0706. The molecule has 0 unspecified atom stereocenters. The van der Waals surface area contributed by atoms with Crippen molar-refractivity contribution in [2.24, 2.45) is 5.10 Å². The summed E-state index contributed by atoms with van der Waals surface area (Å²) in [6.45, 7) is 1.12. The molecule has 0 aliphatic heterocycles. The van der Waals surface area contributed by atoms with Crippen molar-refractivity contribution in [2.45, 2.75) is 11.8 Å². The van der Waals surface area contributed by atoms with Gasteiger partial charge in [0.25, 0.3) is 15.9 Å². The number of hydrogen-bond acceptors (Lipinski definition) is 6. The third kappa shape index (κ3) is 5.52. The molecular weight excluding hydrogens is 461 g/mol. The number of nitrogens with one attached hydrogen (secondary N) is 1. The molecule has 0 heterocycles. The summed E-state index contributed by atoms with van der Waals surface area (Å²) in [5.74, 6) is -0.654. The Hall–Kier alpha value is -3.92. The van der Waals surface area contributed by atoms with Gasteiger partial charge in [0.15, 0.2) is 11.5 Å². The number of amides is 1. The van der Waals surface area contributed by atoms with Gasteiger partial charge >= 0.3 is 0 Å². The van der Waals surface area contributed by atoms with Crippen LogP contribution in [0.3, 0.4) is 0 Å². The summed E-state index contributed by atoms with van der Waals surface area (Å²) in [5, 5.41) is 3.89. The average Bonchev–Trinajstić information content (AvgIpc) is 2.83. The van der Waals surface area contributed by atoms with Crippen LogP contribution < -0.4 is 19.2 Å². The van der Waals surface area contributed by atoms with Crippen LogP contribution in [0.2, 0.25) is 0 Å². The lowest BCUT2D eigenvalue weighted by Crippen LogP contribution is -2.40. The molecule has 0 bridgehead atoms. The number of carbonyl (C=O) groups is 1. The Bertz CT molecular complexity index is 1290. The standard InChI is InChI=1S/C24H24FN3O5S/c1-17-11-13-19(14-12-17)34(30,31)28(21-9-5-4-8-20(21)25)16-23(29)27-26-15-18-7-6-10-22(32-2)24(18)33-3/h4-15H,16H2,1-3H3,(H,27,29)/b26-15-. The summed E-state index contributed by atoms with van der Waals surface area (Å²) < 4.78 is 52.4. The molecule has 0 aliphatic carbocycles. The van der Waals surface area contributed by atoms with Crippen LogP contribution in [0.5, 0.6) is 11.5 Å². The van der Waals surface area contributed by atoms with E-state index in [1.807, 2.05) is 6.92 Å². The number of para-hydroxylation sites is 2. The fraction of sp³-hybridized carbons (Fsp3) is 0.167. The van der Waals surface area contributed by atoms with E-state index in [-0.39, 0.29) is 10.6 Å². The quantitative estimate of drug-likeness (QED) is 0.370. The normalized spacial score (nSPS) is 11.3. The summed E-state index contributed by atoms with van der Waals surface area (Å²) >= 11 is 0. The number of ether oxygens (including phenoxy) is 2. The number of carbonyl (C=O) groups excluding carboxylic acids is 1. The zero-order valence-corrected chi connectivity index (χ0v) is 19.7. The molecule has 0 saturated carbocycles. The Kier molecular flexibility index (Phi) is 7.85. The van der Waals surface area contributed by atoms with Gasteiger partial charge < -0.3 is 9.47 Å². The van der Waals surface area contributed by atoms with Crippen molar-refractivity contribution >= 4 is 27.8 Å². The molecule has 0 spiro atoms. The van der Waals surface area contributed by atoms with Crippen LogP contribution in [-0.4, -0.2) is 41.3 Å². The van der Waals surface area contributed by atoms with Crippen LogP contribution in [0.25, 0.3) is 0 Å². The number of nitrogens with zero attached hydrogens (tertiary/aromatic N) is 2. The number of methoxy groups -OCH3 is 2. The molecule has 1 N–H and O–H groups in total. The summed E-state index contributed by atoms with van der Waals surface area (Å²) in [4.78, 5) is 12.6. The number of benzene rings is 3. The molecule has 0 saturated heterocycles. The lowest BCUT2D eigenvalue weighted by molar-refractivity contribution is -0.119. The molecule has 3 aromatic rings. The highest BCUT2D eigenvalue weighted by Crippen LogP contribution is 2.29. The SMILES string of the molecule is COc1cccc(/C=N\NC(=O)CN(c2ccccc2F)S(=O)(=O)c2ccc(C)cc2)c1OC. The van der Waals surface area contributed by atoms with E-state index in [2.05, 4.69) is 10.5 Å². The molecular formula is C24H24FN3O5S. The van der Waals surface area contributed by atoms with Crippen molar-refractivity contribution < 1.29 is 27.1 Å². The average molecular weight is 486 g/mol. The lowest BCUT2D eigenvalue weighted by atomic mass is 10.2. The molecule has 3 aromatic carbocycles. The summed E-state index contributed by atoms with van der Waals surface area (Å²) in [6.07, 6.45) is 1.33. The number of anilines is 1. The zero-order chi connectivity index (χ0) is 24.7. The fourth-order valence-electron chi connectivity index (χ4n) is 3.14. The summed E-state index contributed by atoms with van der Waals surface area (Å²) in [6, 6.07) is 16.5. The second-order valence-corrected chi connectivity index (χ2v) is 9.01. The largest absolute Gasteiger partial charge is 0.493 e. The van der Waals surface area contributed by atoms with Crippen LogP contribution in [0.1, 0.15) is 11.1 Å². The van der Waals surface area contributed by atoms with Crippen molar-refractivity contribution in [3.8, 4) is 11.5 Å². The van der Waals surface area contributed by atoms with Crippen LogP contribution in [0.4, 0.5) is 10.1 Å². The second kappa shape index (κ2) is 10.8. The van der Waals surface area contributed by atoms with Crippen molar-refractivity contribution in [2.75, 3.05) is 25.1 Å². The maximum absolute atomic E-state index is 14.5. The van der Waals surface area contributed by atoms with E-state index in [1.165, 1.54) is 50.8 Å². The predicted molar refractivity (Wildman–Crippen MR) is 127 cm³/mol. The van der Waals surface area contributed by atoms with E-state index in [9.17, 15) is 17.6 Å². The number of sulfonamides is 1. The maximum Gasteiger partial charge on any atom is 0.264 e. The van der Waals surface area contributed by atoms with Crippen molar-refractivity contribution in [3.63, 3.8) is 0 Å². The van der Waals surface area contributed by atoms with Gasteiger partial charge in [0.1, 0.15) is 12.4 Å². The first-order chi connectivity index (χ1) is 16.3. The van der Waals surface area contributed by atoms with E-state index < -0.39 is 28.3 Å². The minimum atomic E-state index is -4.24. The summed E-state index contributed by atoms with van der Waals surface area (Å²) in [7, 11) is -1.28. The van der Waals surface area contributed by atoms with Gasteiger partial charge in [-0.3, -0.25) is 9.10 Å². The van der Waals surface area contributed by atoms with E-state index >= 15 is 0 Å². The predicted octanol–water partition coefficient (Wildman–Crippen LogP) is 3.50. The molecule has 1 amide bonds. The van der Waals surface area contributed by atoms with Gasteiger partial charge in [-0.15, -0.1) is 0 Å². The minimum Gasteiger partial charge on any atom is -0.493 e. The van der Waals surface area contributed by atoms with Gasteiger partial charge in [0.2, 0.25) is 0 Å². The highest BCUT2D eigenvalue weighted by atomic mass is 32.2. The van der Waals surface area contributed by atoms with Crippen molar-refractivity contribution in [1.29, 1.82) is 0 Å². The lowest BCUT2D eigenvalue weighted by Gasteiger charge is -2.24. The highest BCUT2D eigenvalue weighted by molar-refractivity contribution is 7.92. The number of hydrogen-bond donors (Lipinski definition) is 1. The molecule has 0 fully saturated rings. The third-order valence-electron chi connectivity index (χ3n) is 4.84. The monoisotopic (exact) mass is 485 g/mol. The topological polar surface area (TPSA) is 97.3 Å². The molecule has 3 rings (SSSR count). The molecule has 0 aromatic heterocycles. The number of aryl methyl sites for hydroxylation is 1. The van der Waals surface area contributed by atoms with Crippen molar-refractivity contribution in [3.05, 3.63) is 83.7 Å². The van der Waals surface area contributed by atoms with Gasteiger partial charge in [-0.25, -0.2) is 18.2 Å². The van der Waals surface area contributed by atoms with E-state index in [4.69, 9.17) is 9.47 Å². The Morgan fingerprint density at radius 1 is 1.03 bits per heavy atom. The first-order valence-electron chi connectivity index (χ1n) is 10.1. The van der Waals surface area contributed by atoms with Gasteiger partial charge in [-0.05, 0) is 43.3 Å². The second-order valence-electron chi connectivity index (χ2n) is 7.15. The van der Waals surface area contributed by atoms with Crippen LogP contribution >= 0.6 is 0 Å². The molecule has 0 aliphatic rings. The van der Waals surface area contributed by atoms with Gasteiger partial charge in [0, 0.05) is 5.56 Å². The Labute approximate surface area is 197 Å². The van der Waals surface area contributed by atoms with Gasteiger partial charge in [-0.1, -0.05) is 35.9 Å². The van der Waals surface area contributed by atoms with Crippen LogP contribution in [0, 0.1) is 12.7 Å². The molecule has 10 heteroatoms. The smallest absolute Gasteiger partial charge is 0.264 e. The van der Waals surface area contributed by atoms with Gasteiger partial charge in [-0.2, -0.15) is 5.10 Å². The van der Waals surface area contributed by atoms with E-state index in [1.54, 1.807) is 30.3 Å². The first-order valence-corrected chi connectivity index (χ1v) is 11.6. The Morgan fingerprint density at radius 2 is 1.74 bits per heavy atom. The van der Waals surface area contributed by atoms with E-state index in [0.29, 0.717) is 21.4 Å². The van der Waals surface area contributed by atoms with Crippen LogP contribution in [-0.2, 0) is 14.8 Å². The number of rotatable bonds is 9. The van der Waals surface area contributed by atoms with E-state index in [0.717, 1.165) is 11.6 Å². The Balaban J connectivity index is 1.86. The zero-order valence-electron chi connectivity index (χ0n) is 18.9. The fourth-order valence-corrected chi connectivity index (χ4v) is 4.57. The molecule has 34 heavy (non-hydrogen) atoms. The highest BCUT2D eigenvalue weighted by Gasteiger charge is 2.29. The number of halogens is 1. The van der Waals surface area contributed by atoms with Crippen LogP contribution in [0.15, 0.2) is 76.7 Å². The number of hydrazone groups is 1. The molecule has 178 valence electrons.